The summed E-state index contributed by atoms with van der Waals surface area (Å²) in [4.78, 5) is 32.7. The van der Waals surface area contributed by atoms with Crippen LogP contribution in [0.4, 0.5) is 0 Å². The quantitative estimate of drug-likeness (QED) is 0.684. The molecule has 0 radical (unpaired) electrons. The van der Waals surface area contributed by atoms with E-state index in [1.165, 1.54) is 13.0 Å². The van der Waals surface area contributed by atoms with Gasteiger partial charge in [0.05, 0.1) is 12.6 Å². The normalized spacial score (nSPS) is 11.9. The third kappa shape index (κ3) is 6.38. The summed E-state index contributed by atoms with van der Waals surface area (Å²) in [6, 6.07) is 6.95. The number of hydrogen-bond acceptors (Lipinski definition) is 3. The van der Waals surface area contributed by atoms with Crippen LogP contribution >= 0.6 is 0 Å². The lowest BCUT2D eigenvalue weighted by Gasteiger charge is -2.14. The lowest BCUT2D eigenvalue weighted by Crippen LogP contribution is -2.37. The van der Waals surface area contributed by atoms with Gasteiger partial charge in [0.25, 0.3) is 0 Å². The van der Waals surface area contributed by atoms with Crippen molar-refractivity contribution in [2.75, 3.05) is 6.54 Å². The number of rotatable bonds is 6. The van der Waals surface area contributed by atoms with Gasteiger partial charge in [0, 0.05) is 13.0 Å². The van der Waals surface area contributed by atoms with Crippen molar-refractivity contribution >= 4 is 23.9 Å². The van der Waals surface area contributed by atoms with Crippen LogP contribution in [0.2, 0.25) is 0 Å². The molecule has 0 aromatic heterocycles. The second kappa shape index (κ2) is 7.84. The van der Waals surface area contributed by atoms with Crippen LogP contribution in [0.25, 0.3) is 6.08 Å². The van der Waals surface area contributed by atoms with Crippen molar-refractivity contribution in [2.24, 2.45) is 0 Å². The highest BCUT2D eigenvalue weighted by molar-refractivity contribution is 5.85. The van der Waals surface area contributed by atoms with Crippen LogP contribution in [0.3, 0.4) is 0 Å². The topological polar surface area (TPSA) is 95.5 Å². The molecule has 0 heterocycles. The van der Waals surface area contributed by atoms with Crippen LogP contribution in [-0.2, 0) is 14.4 Å². The van der Waals surface area contributed by atoms with Crippen LogP contribution in [0.1, 0.15) is 31.0 Å². The molecule has 1 aromatic carbocycles. The molecule has 112 valence electrons. The predicted molar refractivity (Wildman–Crippen MR) is 78.4 cm³/mol. The number of hydrogen-bond donors (Lipinski definition) is 3. The zero-order chi connectivity index (χ0) is 15.8. The molecule has 2 amide bonds. The largest absolute Gasteiger partial charge is 0.478 e. The smallest absolute Gasteiger partial charge is 0.328 e. The van der Waals surface area contributed by atoms with E-state index in [0.29, 0.717) is 0 Å². The Kier molecular flexibility index (Phi) is 6.13. The minimum Gasteiger partial charge on any atom is -0.478 e. The highest BCUT2D eigenvalue weighted by atomic mass is 16.4. The summed E-state index contributed by atoms with van der Waals surface area (Å²) in [6.45, 7) is 3.12. The fraction of sp³-hybridized carbons (Fsp3) is 0.267. The number of benzene rings is 1. The molecule has 1 aromatic rings. The Balaban J connectivity index is 2.58. The van der Waals surface area contributed by atoms with Crippen LogP contribution in [0.5, 0.6) is 0 Å². The first-order valence-electron chi connectivity index (χ1n) is 6.43. The van der Waals surface area contributed by atoms with Gasteiger partial charge in [-0.15, -0.1) is 0 Å². The van der Waals surface area contributed by atoms with Crippen molar-refractivity contribution in [2.45, 2.75) is 19.9 Å². The van der Waals surface area contributed by atoms with Gasteiger partial charge in [0.15, 0.2) is 0 Å². The number of amides is 2. The molecule has 1 unspecified atom stereocenters. The van der Waals surface area contributed by atoms with Gasteiger partial charge in [0.2, 0.25) is 11.8 Å². The highest BCUT2D eigenvalue weighted by Crippen LogP contribution is 2.14. The van der Waals surface area contributed by atoms with E-state index >= 15 is 0 Å². The lowest BCUT2D eigenvalue weighted by molar-refractivity contribution is -0.131. The first-order valence-corrected chi connectivity index (χ1v) is 6.43. The van der Waals surface area contributed by atoms with E-state index in [9.17, 15) is 14.4 Å². The lowest BCUT2D eigenvalue weighted by atomic mass is 10.1. The molecule has 0 saturated heterocycles. The number of aliphatic carboxylic acids is 1. The fourth-order valence-corrected chi connectivity index (χ4v) is 1.64. The van der Waals surface area contributed by atoms with Crippen molar-refractivity contribution in [3.63, 3.8) is 0 Å². The van der Waals surface area contributed by atoms with Gasteiger partial charge in [-0.25, -0.2) is 4.79 Å². The molecule has 3 N–H and O–H groups in total. The summed E-state index contributed by atoms with van der Waals surface area (Å²) in [6.07, 6.45) is 2.56. The van der Waals surface area contributed by atoms with E-state index in [2.05, 4.69) is 10.6 Å². The van der Waals surface area contributed by atoms with E-state index in [1.54, 1.807) is 12.1 Å². The number of nitrogens with one attached hydrogen (secondary N) is 2. The van der Waals surface area contributed by atoms with E-state index in [4.69, 9.17) is 5.11 Å². The van der Waals surface area contributed by atoms with Crippen LogP contribution in [0, 0.1) is 0 Å². The van der Waals surface area contributed by atoms with Crippen molar-refractivity contribution in [1.29, 1.82) is 0 Å². The molecule has 0 saturated carbocycles. The molecule has 1 atom stereocenters. The van der Waals surface area contributed by atoms with Gasteiger partial charge < -0.3 is 15.7 Å². The first-order chi connectivity index (χ1) is 9.88. The van der Waals surface area contributed by atoms with E-state index in [0.717, 1.165) is 17.2 Å². The van der Waals surface area contributed by atoms with E-state index in [1.807, 2.05) is 19.1 Å². The van der Waals surface area contributed by atoms with Crippen LogP contribution in [0.15, 0.2) is 30.3 Å². The Bertz CT molecular complexity index is 549. The summed E-state index contributed by atoms with van der Waals surface area (Å²) in [5.74, 6) is -1.53. The Morgan fingerprint density at radius 2 is 1.86 bits per heavy atom. The van der Waals surface area contributed by atoms with Crippen molar-refractivity contribution in [1.82, 2.24) is 10.6 Å². The molecular weight excluding hydrogens is 272 g/mol. The van der Waals surface area contributed by atoms with Crippen LogP contribution in [-0.4, -0.2) is 29.4 Å². The van der Waals surface area contributed by atoms with E-state index < -0.39 is 5.97 Å². The van der Waals surface area contributed by atoms with Gasteiger partial charge in [-0.05, 0) is 24.1 Å². The second-order valence-electron chi connectivity index (χ2n) is 4.54. The summed E-state index contributed by atoms with van der Waals surface area (Å²) < 4.78 is 0. The average Bonchev–Trinajstić information content (AvgIpc) is 2.43. The summed E-state index contributed by atoms with van der Waals surface area (Å²) in [7, 11) is 0. The molecule has 0 aliphatic carbocycles. The Morgan fingerprint density at radius 3 is 2.38 bits per heavy atom. The zero-order valence-electron chi connectivity index (χ0n) is 11.9. The summed E-state index contributed by atoms with van der Waals surface area (Å²) >= 11 is 0. The Morgan fingerprint density at radius 1 is 1.24 bits per heavy atom. The molecule has 0 fully saturated rings. The average molecular weight is 290 g/mol. The predicted octanol–water partition coefficient (Wildman–Crippen LogP) is 1.10. The van der Waals surface area contributed by atoms with Gasteiger partial charge >= 0.3 is 5.97 Å². The first kappa shape index (κ1) is 16.4. The van der Waals surface area contributed by atoms with E-state index in [-0.39, 0.29) is 24.4 Å². The monoisotopic (exact) mass is 290 g/mol. The molecule has 0 spiro atoms. The summed E-state index contributed by atoms with van der Waals surface area (Å²) in [5, 5.41) is 13.7. The van der Waals surface area contributed by atoms with Gasteiger partial charge in [-0.3, -0.25) is 9.59 Å². The molecule has 21 heavy (non-hydrogen) atoms. The molecule has 6 nitrogen and oxygen atoms in total. The maximum atomic E-state index is 11.6. The van der Waals surface area contributed by atoms with Crippen molar-refractivity contribution in [3.8, 4) is 0 Å². The van der Waals surface area contributed by atoms with Gasteiger partial charge in [-0.1, -0.05) is 24.3 Å². The maximum Gasteiger partial charge on any atom is 0.328 e. The second-order valence-corrected chi connectivity index (χ2v) is 4.54. The number of carboxylic acids is 1. The fourth-order valence-electron chi connectivity index (χ4n) is 1.64. The SMILES string of the molecule is CC(=O)NCC(=O)NC(C)c1ccc(C=CC(=O)O)cc1. The Labute approximate surface area is 122 Å². The third-order valence-corrected chi connectivity index (χ3v) is 2.73. The summed E-state index contributed by atoms with van der Waals surface area (Å²) in [5.41, 5.74) is 1.65. The molecule has 0 bridgehead atoms. The minimum absolute atomic E-state index is 0.0564. The molecule has 0 aliphatic rings. The van der Waals surface area contributed by atoms with Crippen molar-refractivity contribution < 1.29 is 19.5 Å². The van der Waals surface area contributed by atoms with Crippen molar-refractivity contribution in [3.05, 3.63) is 41.5 Å². The molecule has 1 rings (SSSR count). The highest BCUT2D eigenvalue weighted by Gasteiger charge is 2.09. The number of carbonyl (C=O) groups is 3. The third-order valence-electron chi connectivity index (χ3n) is 2.73. The standard InChI is InChI=1S/C15H18N2O4/c1-10(17-14(19)9-16-11(2)18)13-6-3-12(4-7-13)5-8-15(20)21/h3-8,10H,9H2,1-2H3,(H,16,18)(H,17,19)(H,20,21). The number of carbonyl (C=O) groups excluding carboxylic acids is 2. The molecule has 6 heteroatoms. The minimum atomic E-state index is -1.00. The molecule has 0 aliphatic heterocycles. The van der Waals surface area contributed by atoms with Gasteiger partial charge in [-0.2, -0.15) is 0 Å². The number of carboxylic acid groups (broad SMARTS) is 1. The van der Waals surface area contributed by atoms with Crippen LogP contribution < -0.4 is 10.6 Å². The Hall–Kier alpha value is -2.63. The molecular formula is C15H18N2O4. The maximum absolute atomic E-state index is 11.6. The van der Waals surface area contributed by atoms with Gasteiger partial charge in [0.1, 0.15) is 0 Å². The zero-order valence-corrected chi connectivity index (χ0v) is 11.9.